The van der Waals surface area contributed by atoms with E-state index >= 15 is 0 Å². The third kappa shape index (κ3) is 3.02. The molecule has 6 heteroatoms. The van der Waals surface area contributed by atoms with E-state index in [9.17, 15) is 0 Å². The molecule has 0 spiro atoms. The normalized spacial score (nSPS) is 11.0. The van der Waals surface area contributed by atoms with E-state index in [1.807, 2.05) is 48.5 Å². The Kier molecular flexibility index (Phi) is 4.22. The van der Waals surface area contributed by atoms with Gasteiger partial charge in [-0.25, -0.2) is 9.97 Å². The number of fused-ring (bicyclic) bond motifs is 1. The molecule has 0 unspecified atom stereocenters. The second-order valence-electron chi connectivity index (χ2n) is 4.58. The smallest absolute Gasteiger partial charge is 0.180 e. The van der Waals surface area contributed by atoms with Crippen molar-refractivity contribution in [3.8, 4) is 0 Å². The van der Waals surface area contributed by atoms with Crippen LogP contribution in [0, 0.1) is 0 Å². The molecule has 22 heavy (non-hydrogen) atoms. The van der Waals surface area contributed by atoms with Crippen molar-refractivity contribution in [3.05, 3.63) is 67.1 Å². The van der Waals surface area contributed by atoms with Crippen molar-refractivity contribution >= 4 is 22.7 Å². The molecule has 2 aromatic heterocycles. The lowest BCUT2D eigenvalue weighted by Gasteiger charge is -2.22. The molecule has 0 aliphatic heterocycles. The van der Waals surface area contributed by atoms with Gasteiger partial charge in [0.2, 0.25) is 0 Å². The van der Waals surface area contributed by atoms with Crippen LogP contribution >= 0.6 is 0 Å². The number of aromatic nitrogens is 3. The van der Waals surface area contributed by atoms with E-state index in [2.05, 4.69) is 25.3 Å². The topological polar surface area (TPSA) is 80.0 Å². The SMILES string of the molecule is NNC=CCN(c1ccccc1)c1ccc2nccnc2n1. The number of pyridine rings is 1. The van der Waals surface area contributed by atoms with Gasteiger partial charge in [0.05, 0.1) is 0 Å². The average molecular weight is 292 g/mol. The predicted molar refractivity (Wildman–Crippen MR) is 87.2 cm³/mol. The first-order chi connectivity index (χ1) is 10.9. The van der Waals surface area contributed by atoms with E-state index in [0.717, 1.165) is 17.0 Å². The molecule has 0 radical (unpaired) electrons. The summed E-state index contributed by atoms with van der Waals surface area (Å²) in [5.41, 5.74) is 4.95. The number of hydrogen-bond donors (Lipinski definition) is 2. The highest BCUT2D eigenvalue weighted by atomic mass is 15.2. The van der Waals surface area contributed by atoms with E-state index in [1.165, 1.54) is 0 Å². The second kappa shape index (κ2) is 6.64. The van der Waals surface area contributed by atoms with Gasteiger partial charge >= 0.3 is 0 Å². The lowest BCUT2D eigenvalue weighted by atomic mass is 10.2. The summed E-state index contributed by atoms with van der Waals surface area (Å²) in [5, 5.41) is 0. The van der Waals surface area contributed by atoms with E-state index in [4.69, 9.17) is 5.84 Å². The third-order valence-corrected chi connectivity index (χ3v) is 3.16. The number of hydrazine groups is 1. The van der Waals surface area contributed by atoms with Crippen LogP contribution in [0.3, 0.4) is 0 Å². The summed E-state index contributed by atoms with van der Waals surface area (Å²) in [6.45, 7) is 0.632. The van der Waals surface area contributed by atoms with Crippen LogP contribution in [0.1, 0.15) is 0 Å². The number of hydrogen-bond acceptors (Lipinski definition) is 6. The van der Waals surface area contributed by atoms with E-state index in [1.54, 1.807) is 18.6 Å². The Morgan fingerprint density at radius 1 is 1.05 bits per heavy atom. The Bertz CT molecular complexity index is 772. The van der Waals surface area contributed by atoms with E-state index in [-0.39, 0.29) is 0 Å². The fourth-order valence-electron chi connectivity index (χ4n) is 2.16. The van der Waals surface area contributed by atoms with Crippen molar-refractivity contribution in [2.45, 2.75) is 0 Å². The summed E-state index contributed by atoms with van der Waals surface area (Å²) in [5.74, 6) is 6.08. The lowest BCUT2D eigenvalue weighted by molar-refractivity contribution is 0.951. The lowest BCUT2D eigenvalue weighted by Crippen LogP contribution is -2.20. The maximum absolute atomic E-state index is 5.28. The van der Waals surface area contributed by atoms with Gasteiger partial charge in [0.25, 0.3) is 0 Å². The van der Waals surface area contributed by atoms with Gasteiger partial charge in [0.1, 0.15) is 11.3 Å². The standard InChI is InChI=1S/C16H16N6/c17-20-9-4-12-22(13-5-2-1-3-6-13)15-8-7-14-16(21-15)19-11-10-18-14/h1-11,20H,12,17H2. The zero-order valence-electron chi connectivity index (χ0n) is 11.9. The van der Waals surface area contributed by atoms with Crippen LogP contribution in [0.2, 0.25) is 0 Å². The van der Waals surface area contributed by atoms with Crippen molar-refractivity contribution in [1.29, 1.82) is 0 Å². The van der Waals surface area contributed by atoms with Crippen molar-refractivity contribution in [1.82, 2.24) is 20.4 Å². The Morgan fingerprint density at radius 3 is 2.68 bits per heavy atom. The number of anilines is 2. The fourth-order valence-corrected chi connectivity index (χ4v) is 2.16. The molecule has 3 rings (SSSR count). The minimum absolute atomic E-state index is 0.627. The Balaban J connectivity index is 2.01. The van der Waals surface area contributed by atoms with Gasteiger partial charge in [-0.15, -0.1) is 0 Å². The van der Waals surface area contributed by atoms with Crippen molar-refractivity contribution in [2.75, 3.05) is 11.4 Å². The molecule has 0 fully saturated rings. The van der Waals surface area contributed by atoms with Gasteiger partial charge in [0.15, 0.2) is 5.65 Å². The molecule has 0 saturated carbocycles. The van der Waals surface area contributed by atoms with Gasteiger partial charge in [0, 0.05) is 30.8 Å². The van der Waals surface area contributed by atoms with Crippen LogP contribution in [0.25, 0.3) is 11.2 Å². The molecular formula is C16H16N6. The van der Waals surface area contributed by atoms with E-state index < -0.39 is 0 Å². The number of para-hydroxylation sites is 1. The van der Waals surface area contributed by atoms with Gasteiger partial charge in [-0.2, -0.15) is 0 Å². The van der Waals surface area contributed by atoms with Crippen molar-refractivity contribution in [2.24, 2.45) is 5.84 Å². The number of nitrogens with zero attached hydrogens (tertiary/aromatic N) is 4. The van der Waals surface area contributed by atoms with Crippen molar-refractivity contribution in [3.63, 3.8) is 0 Å². The maximum atomic E-state index is 5.28. The molecule has 3 aromatic rings. The molecule has 2 heterocycles. The molecule has 1 aromatic carbocycles. The van der Waals surface area contributed by atoms with Crippen LogP contribution < -0.4 is 16.2 Å². The maximum Gasteiger partial charge on any atom is 0.180 e. The molecule has 110 valence electrons. The molecular weight excluding hydrogens is 276 g/mol. The number of rotatable bonds is 5. The summed E-state index contributed by atoms with van der Waals surface area (Å²) in [6.07, 6.45) is 6.92. The first kappa shape index (κ1) is 14.0. The van der Waals surface area contributed by atoms with Gasteiger partial charge in [-0.05, 0) is 30.3 Å². The molecule has 6 nitrogen and oxygen atoms in total. The van der Waals surface area contributed by atoms with E-state index in [0.29, 0.717) is 12.2 Å². The summed E-state index contributed by atoms with van der Waals surface area (Å²) in [4.78, 5) is 15.2. The molecule has 0 atom stereocenters. The summed E-state index contributed by atoms with van der Waals surface area (Å²) < 4.78 is 0. The number of nitrogens with one attached hydrogen (secondary N) is 1. The zero-order valence-corrected chi connectivity index (χ0v) is 11.9. The largest absolute Gasteiger partial charge is 0.332 e. The number of benzene rings is 1. The van der Waals surface area contributed by atoms with Crippen LogP contribution in [0.15, 0.2) is 67.1 Å². The zero-order chi connectivity index (χ0) is 15.2. The highest BCUT2D eigenvalue weighted by molar-refractivity contribution is 5.73. The van der Waals surface area contributed by atoms with Gasteiger partial charge in [-0.3, -0.25) is 10.8 Å². The van der Waals surface area contributed by atoms with Crippen LogP contribution in [-0.2, 0) is 0 Å². The molecule has 0 amide bonds. The summed E-state index contributed by atoms with van der Waals surface area (Å²) in [6, 6.07) is 13.9. The monoisotopic (exact) mass is 292 g/mol. The average Bonchev–Trinajstić information content (AvgIpc) is 2.59. The van der Waals surface area contributed by atoms with Crippen LogP contribution in [-0.4, -0.2) is 21.5 Å². The minimum atomic E-state index is 0.627. The Morgan fingerprint density at radius 2 is 1.86 bits per heavy atom. The molecule has 0 bridgehead atoms. The first-order valence-electron chi connectivity index (χ1n) is 6.90. The molecule has 0 aliphatic carbocycles. The van der Waals surface area contributed by atoms with Gasteiger partial charge in [-0.1, -0.05) is 18.2 Å². The highest BCUT2D eigenvalue weighted by Gasteiger charge is 2.10. The summed E-state index contributed by atoms with van der Waals surface area (Å²) in [7, 11) is 0. The summed E-state index contributed by atoms with van der Waals surface area (Å²) >= 11 is 0. The first-order valence-corrected chi connectivity index (χ1v) is 6.90. The highest BCUT2D eigenvalue weighted by Crippen LogP contribution is 2.24. The van der Waals surface area contributed by atoms with Gasteiger partial charge < -0.3 is 10.3 Å². The Labute approximate surface area is 128 Å². The minimum Gasteiger partial charge on any atom is -0.332 e. The Hall–Kier alpha value is -2.99. The quantitative estimate of drug-likeness (QED) is 0.554. The fraction of sp³-hybridized carbons (Fsp3) is 0.0625. The molecule has 0 aliphatic rings. The number of nitrogens with two attached hydrogens (primary N) is 1. The molecule has 3 N–H and O–H groups in total. The van der Waals surface area contributed by atoms with Crippen LogP contribution in [0.5, 0.6) is 0 Å². The van der Waals surface area contributed by atoms with Crippen molar-refractivity contribution < 1.29 is 0 Å². The molecule has 0 saturated heterocycles. The third-order valence-electron chi connectivity index (χ3n) is 3.16. The second-order valence-corrected chi connectivity index (χ2v) is 4.58. The van der Waals surface area contributed by atoms with Crippen LogP contribution in [0.4, 0.5) is 11.5 Å². The predicted octanol–water partition coefficient (Wildman–Crippen LogP) is 2.14.